The Balaban J connectivity index is 1.67. The maximum Gasteiger partial charge on any atom is 0.257 e. The summed E-state index contributed by atoms with van der Waals surface area (Å²) < 4.78 is 29.7. The number of carbonyl (C=O) groups excluding carboxylic acids is 1. The summed E-state index contributed by atoms with van der Waals surface area (Å²) in [5.41, 5.74) is 0. The van der Waals surface area contributed by atoms with Crippen LogP contribution in [0.4, 0.5) is 0 Å². The first-order valence-electron chi connectivity index (χ1n) is 7.45. The van der Waals surface area contributed by atoms with E-state index < -0.39 is 10.0 Å². The Morgan fingerprint density at radius 1 is 1.39 bits per heavy atom. The highest BCUT2D eigenvalue weighted by atomic mass is 35.5. The second-order valence-electron chi connectivity index (χ2n) is 5.66. The van der Waals surface area contributed by atoms with E-state index >= 15 is 0 Å². The van der Waals surface area contributed by atoms with Gasteiger partial charge in [0.2, 0.25) is 10.0 Å². The third-order valence-corrected chi connectivity index (χ3v) is 5.33. The van der Waals surface area contributed by atoms with E-state index in [1.165, 1.54) is 10.6 Å². The quantitative estimate of drug-likeness (QED) is 0.834. The normalized spacial score (nSPS) is 17.0. The second-order valence-corrected chi connectivity index (χ2v) is 8.07. The molecule has 1 aromatic rings. The number of nitrogens with one attached hydrogen (secondary N) is 1. The minimum absolute atomic E-state index is 0.0669. The molecule has 1 saturated heterocycles. The number of sulfonamides is 1. The van der Waals surface area contributed by atoms with Crippen molar-refractivity contribution in [2.75, 3.05) is 32.5 Å². The maximum absolute atomic E-state index is 11.8. The van der Waals surface area contributed by atoms with Crippen LogP contribution in [0.2, 0.25) is 5.02 Å². The number of nitrogens with zero attached hydrogens (tertiary/aromatic N) is 1. The summed E-state index contributed by atoms with van der Waals surface area (Å²) in [6.45, 7) is 1.49. The molecule has 0 saturated carbocycles. The molecule has 2 rings (SSSR count). The number of hydrogen-bond acceptors (Lipinski definition) is 4. The van der Waals surface area contributed by atoms with Crippen molar-refractivity contribution in [3.8, 4) is 5.75 Å². The number of carbonyl (C=O) groups is 1. The number of piperidine rings is 1. The molecule has 0 unspecified atom stereocenters. The molecule has 23 heavy (non-hydrogen) atoms. The zero-order valence-corrected chi connectivity index (χ0v) is 14.6. The number of benzene rings is 1. The van der Waals surface area contributed by atoms with Crippen molar-refractivity contribution in [1.82, 2.24) is 9.62 Å². The lowest BCUT2D eigenvalue weighted by Gasteiger charge is -2.30. The van der Waals surface area contributed by atoms with Crippen LogP contribution in [0.1, 0.15) is 12.8 Å². The summed E-state index contributed by atoms with van der Waals surface area (Å²) in [5, 5.41) is 3.38. The average molecular weight is 361 g/mol. The van der Waals surface area contributed by atoms with Crippen LogP contribution < -0.4 is 10.1 Å². The Morgan fingerprint density at radius 3 is 2.70 bits per heavy atom. The monoisotopic (exact) mass is 360 g/mol. The summed E-state index contributed by atoms with van der Waals surface area (Å²) in [4.78, 5) is 11.8. The molecule has 0 bridgehead atoms. The minimum atomic E-state index is -3.11. The van der Waals surface area contributed by atoms with Gasteiger partial charge in [0.05, 0.1) is 6.26 Å². The molecule has 0 atom stereocenters. The van der Waals surface area contributed by atoms with Crippen LogP contribution >= 0.6 is 11.6 Å². The molecule has 1 N–H and O–H groups in total. The van der Waals surface area contributed by atoms with Gasteiger partial charge in [0.15, 0.2) is 6.61 Å². The molecule has 1 heterocycles. The van der Waals surface area contributed by atoms with Crippen LogP contribution in [0.15, 0.2) is 24.3 Å². The third kappa shape index (κ3) is 6.01. The Kier molecular flexibility index (Phi) is 6.26. The summed E-state index contributed by atoms with van der Waals surface area (Å²) in [5.74, 6) is 0.646. The highest BCUT2D eigenvalue weighted by molar-refractivity contribution is 7.88. The van der Waals surface area contributed by atoms with Crippen molar-refractivity contribution >= 4 is 27.5 Å². The van der Waals surface area contributed by atoms with Gasteiger partial charge in [0, 0.05) is 24.7 Å². The van der Waals surface area contributed by atoms with Crippen LogP contribution in [0, 0.1) is 5.92 Å². The lowest BCUT2D eigenvalue weighted by molar-refractivity contribution is -0.123. The molecule has 1 fully saturated rings. The molecule has 1 amide bonds. The van der Waals surface area contributed by atoms with Gasteiger partial charge >= 0.3 is 0 Å². The second kappa shape index (κ2) is 7.99. The van der Waals surface area contributed by atoms with Crippen molar-refractivity contribution in [2.24, 2.45) is 5.92 Å². The molecule has 6 nitrogen and oxygen atoms in total. The van der Waals surface area contributed by atoms with Crippen molar-refractivity contribution < 1.29 is 17.9 Å². The molecule has 8 heteroatoms. The molecule has 1 aliphatic rings. The van der Waals surface area contributed by atoms with Crippen LogP contribution in [-0.2, 0) is 14.8 Å². The van der Waals surface area contributed by atoms with Crippen molar-refractivity contribution in [2.45, 2.75) is 12.8 Å². The summed E-state index contributed by atoms with van der Waals surface area (Å²) >= 11 is 5.84. The number of amides is 1. The zero-order chi connectivity index (χ0) is 16.9. The van der Waals surface area contributed by atoms with Gasteiger partial charge in [-0.3, -0.25) is 4.79 Å². The van der Waals surface area contributed by atoms with E-state index in [1.54, 1.807) is 24.3 Å². The first kappa shape index (κ1) is 18.0. The number of hydrogen-bond donors (Lipinski definition) is 1. The summed E-state index contributed by atoms with van der Waals surface area (Å²) in [6, 6.07) is 6.87. The van der Waals surface area contributed by atoms with Gasteiger partial charge in [0.1, 0.15) is 5.75 Å². The molecule has 128 valence electrons. The number of rotatable bonds is 6. The smallest absolute Gasteiger partial charge is 0.257 e. The van der Waals surface area contributed by atoms with E-state index in [9.17, 15) is 13.2 Å². The largest absolute Gasteiger partial charge is 0.484 e. The molecule has 1 aliphatic heterocycles. The number of ether oxygens (including phenoxy) is 1. The van der Waals surface area contributed by atoms with E-state index in [0.717, 1.165) is 12.8 Å². The van der Waals surface area contributed by atoms with Gasteiger partial charge < -0.3 is 10.1 Å². The van der Waals surface area contributed by atoms with Gasteiger partial charge in [0.25, 0.3) is 5.91 Å². The van der Waals surface area contributed by atoms with Crippen molar-refractivity contribution in [3.05, 3.63) is 29.3 Å². The average Bonchev–Trinajstić information content (AvgIpc) is 2.50. The van der Waals surface area contributed by atoms with Gasteiger partial charge in [-0.2, -0.15) is 0 Å². The Hall–Kier alpha value is -1.31. The fourth-order valence-corrected chi connectivity index (χ4v) is 3.51. The summed E-state index contributed by atoms with van der Waals surface area (Å²) in [7, 11) is -3.11. The molecule has 1 aromatic carbocycles. The first-order valence-corrected chi connectivity index (χ1v) is 9.67. The third-order valence-electron chi connectivity index (χ3n) is 3.80. The molecule has 0 aromatic heterocycles. The predicted octanol–water partition coefficient (Wildman–Crippen LogP) is 1.51. The Morgan fingerprint density at radius 2 is 2.09 bits per heavy atom. The highest BCUT2D eigenvalue weighted by Gasteiger charge is 2.24. The molecular weight excluding hydrogens is 340 g/mol. The lowest BCUT2D eigenvalue weighted by Crippen LogP contribution is -2.41. The molecule has 0 aliphatic carbocycles. The lowest BCUT2D eigenvalue weighted by atomic mass is 9.98. The van der Waals surface area contributed by atoms with Gasteiger partial charge in [-0.1, -0.05) is 17.7 Å². The standard InChI is InChI=1S/C15H21ClN2O4S/c1-23(20,21)18-7-5-12(6-8-18)10-17-15(19)11-22-14-4-2-3-13(16)9-14/h2-4,9,12H,5-8,10-11H2,1H3,(H,17,19). The minimum Gasteiger partial charge on any atom is -0.484 e. The van der Waals surface area contributed by atoms with Crippen LogP contribution in [0.3, 0.4) is 0 Å². The SMILES string of the molecule is CS(=O)(=O)N1CCC(CNC(=O)COc2cccc(Cl)c2)CC1. The molecule has 0 radical (unpaired) electrons. The maximum atomic E-state index is 11.8. The van der Waals surface area contributed by atoms with Gasteiger partial charge in [-0.05, 0) is 37.0 Å². The van der Waals surface area contributed by atoms with E-state index in [4.69, 9.17) is 16.3 Å². The van der Waals surface area contributed by atoms with Crippen molar-refractivity contribution in [1.29, 1.82) is 0 Å². The predicted molar refractivity (Wildman–Crippen MR) is 89.1 cm³/mol. The zero-order valence-electron chi connectivity index (χ0n) is 13.0. The summed E-state index contributed by atoms with van der Waals surface area (Å²) in [6.07, 6.45) is 2.73. The highest BCUT2D eigenvalue weighted by Crippen LogP contribution is 2.19. The van der Waals surface area contributed by atoms with E-state index in [-0.39, 0.29) is 12.5 Å². The van der Waals surface area contributed by atoms with Crippen LogP contribution in [0.25, 0.3) is 0 Å². The Labute approximate surface area is 141 Å². The fraction of sp³-hybridized carbons (Fsp3) is 0.533. The van der Waals surface area contributed by atoms with Crippen molar-refractivity contribution in [3.63, 3.8) is 0 Å². The van der Waals surface area contributed by atoms with Crippen LogP contribution in [0.5, 0.6) is 5.75 Å². The van der Waals surface area contributed by atoms with Crippen LogP contribution in [-0.4, -0.2) is 51.1 Å². The first-order chi connectivity index (χ1) is 10.8. The van der Waals surface area contributed by atoms with E-state index in [2.05, 4.69) is 5.32 Å². The van der Waals surface area contributed by atoms with Gasteiger partial charge in [-0.15, -0.1) is 0 Å². The fourth-order valence-electron chi connectivity index (χ4n) is 2.46. The topological polar surface area (TPSA) is 75.7 Å². The molecular formula is C15H21ClN2O4S. The van der Waals surface area contributed by atoms with E-state index in [0.29, 0.717) is 36.3 Å². The number of halogens is 1. The van der Waals surface area contributed by atoms with E-state index in [1.807, 2.05) is 0 Å². The van der Waals surface area contributed by atoms with Gasteiger partial charge in [-0.25, -0.2) is 12.7 Å². The Bertz CT molecular complexity index is 643. The molecule has 0 spiro atoms.